The molecular formula is C18H24N2O2. The average molecular weight is 300 g/mol. The molecule has 1 heterocycles. The van der Waals surface area contributed by atoms with Gasteiger partial charge in [0.25, 0.3) is 0 Å². The maximum atomic E-state index is 12.1. The topological polar surface area (TPSA) is 49.4 Å². The minimum Gasteiger partial charge on any atom is -0.353 e. The van der Waals surface area contributed by atoms with Crippen LogP contribution in [-0.2, 0) is 16.0 Å². The Balaban J connectivity index is 1.46. The minimum atomic E-state index is -0.0185. The molecule has 1 saturated heterocycles. The highest BCUT2D eigenvalue weighted by atomic mass is 16.2. The van der Waals surface area contributed by atoms with Gasteiger partial charge in [-0.15, -0.1) is 0 Å². The zero-order valence-corrected chi connectivity index (χ0v) is 13.0. The van der Waals surface area contributed by atoms with Gasteiger partial charge in [-0.05, 0) is 37.7 Å². The van der Waals surface area contributed by atoms with Gasteiger partial charge >= 0.3 is 0 Å². The fourth-order valence-electron chi connectivity index (χ4n) is 3.01. The molecule has 4 nitrogen and oxygen atoms in total. The van der Waals surface area contributed by atoms with Crippen molar-refractivity contribution in [1.29, 1.82) is 0 Å². The van der Waals surface area contributed by atoms with Crippen molar-refractivity contribution in [2.45, 2.75) is 44.6 Å². The van der Waals surface area contributed by atoms with E-state index in [1.54, 1.807) is 0 Å². The lowest BCUT2D eigenvalue weighted by Crippen LogP contribution is -2.46. The van der Waals surface area contributed by atoms with Gasteiger partial charge in [0.05, 0.1) is 5.92 Å². The molecule has 1 aromatic rings. The number of nitrogens with one attached hydrogen (secondary N) is 1. The van der Waals surface area contributed by atoms with E-state index in [9.17, 15) is 9.59 Å². The molecule has 4 heteroatoms. The summed E-state index contributed by atoms with van der Waals surface area (Å²) >= 11 is 0. The van der Waals surface area contributed by atoms with E-state index >= 15 is 0 Å². The number of hydrogen-bond acceptors (Lipinski definition) is 2. The van der Waals surface area contributed by atoms with Crippen molar-refractivity contribution in [2.75, 3.05) is 13.1 Å². The molecule has 3 rings (SSSR count). The van der Waals surface area contributed by atoms with E-state index in [2.05, 4.69) is 17.4 Å². The third kappa shape index (κ3) is 4.09. The van der Waals surface area contributed by atoms with E-state index in [0.717, 1.165) is 32.2 Å². The summed E-state index contributed by atoms with van der Waals surface area (Å²) in [6.07, 6.45) is 5.35. The summed E-state index contributed by atoms with van der Waals surface area (Å²) in [4.78, 5) is 26.1. The molecule has 0 radical (unpaired) electrons. The first kappa shape index (κ1) is 15.1. The molecule has 0 aromatic heterocycles. The summed E-state index contributed by atoms with van der Waals surface area (Å²) in [7, 11) is 0. The van der Waals surface area contributed by atoms with Gasteiger partial charge < -0.3 is 10.2 Å². The van der Waals surface area contributed by atoms with Crippen molar-refractivity contribution in [1.82, 2.24) is 10.2 Å². The second-order valence-electron chi connectivity index (χ2n) is 6.45. The number of likely N-dealkylation sites (tertiary alicyclic amines) is 1. The summed E-state index contributed by atoms with van der Waals surface area (Å²) < 4.78 is 0. The lowest BCUT2D eigenvalue weighted by Gasteiger charge is -2.32. The normalized spacial score (nSPS) is 21.7. The number of nitrogens with zero attached hydrogens (tertiary/aromatic N) is 1. The van der Waals surface area contributed by atoms with E-state index in [1.807, 2.05) is 23.1 Å². The Morgan fingerprint density at radius 3 is 2.68 bits per heavy atom. The molecule has 22 heavy (non-hydrogen) atoms. The number of benzene rings is 1. The van der Waals surface area contributed by atoms with Crippen molar-refractivity contribution in [2.24, 2.45) is 5.92 Å². The first-order chi connectivity index (χ1) is 10.7. The molecule has 1 atom stereocenters. The van der Waals surface area contributed by atoms with Crippen molar-refractivity contribution in [3.8, 4) is 0 Å². The van der Waals surface area contributed by atoms with E-state index in [1.165, 1.54) is 5.56 Å². The molecule has 2 fully saturated rings. The number of hydrogen-bond donors (Lipinski definition) is 1. The first-order valence-corrected chi connectivity index (χ1v) is 8.34. The second-order valence-corrected chi connectivity index (χ2v) is 6.45. The molecule has 1 aromatic carbocycles. The van der Waals surface area contributed by atoms with Gasteiger partial charge in [-0.2, -0.15) is 0 Å². The lowest BCUT2D eigenvalue weighted by molar-refractivity contribution is -0.138. The maximum Gasteiger partial charge on any atom is 0.225 e. The van der Waals surface area contributed by atoms with Crippen LogP contribution >= 0.6 is 0 Å². The minimum absolute atomic E-state index is 0.0185. The van der Waals surface area contributed by atoms with Gasteiger partial charge in [-0.25, -0.2) is 0 Å². The van der Waals surface area contributed by atoms with Gasteiger partial charge in [0, 0.05) is 25.6 Å². The summed E-state index contributed by atoms with van der Waals surface area (Å²) in [5.74, 6) is 0.321. The van der Waals surface area contributed by atoms with Crippen LogP contribution in [0.2, 0.25) is 0 Å². The highest BCUT2D eigenvalue weighted by Gasteiger charge is 2.32. The molecular weight excluding hydrogens is 276 g/mol. The molecule has 1 N–H and O–H groups in total. The summed E-state index contributed by atoms with van der Waals surface area (Å²) in [5.41, 5.74) is 1.30. The summed E-state index contributed by atoms with van der Waals surface area (Å²) in [5, 5.41) is 3.06. The van der Waals surface area contributed by atoms with Crippen LogP contribution < -0.4 is 5.32 Å². The van der Waals surface area contributed by atoms with Gasteiger partial charge in [0.1, 0.15) is 0 Å². The fourth-order valence-corrected chi connectivity index (χ4v) is 3.01. The van der Waals surface area contributed by atoms with E-state index < -0.39 is 0 Å². The summed E-state index contributed by atoms with van der Waals surface area (Å²) in [6, 6.07) is 10.7. The third-order valence-electron chi connectivity index (χ3n) is 4.53. The molecule has 2 amide bonds. The van der Waals surface area contributed by atoms with Crippen molar-refractivity contribution in [3.05, 3.63) is 35.9 Å². The van der Waals surface area contributed by atoms with Crippen molar-refractivity contribution >= 4 is 11.8 Å². The maximum absolute atomic E-state index is 12.1. The zero-order valence-electron chi connectivity index (χ0n) is 13.0. The largest absolute Gasteiger partial charge is 0.353 e. The van der Waals surface area contributed by atoms with Crippen LogP contribution in [0.5, 0.6) is 0 Å². The Kier molecular flexibility index (Phi) is 4.76. The van der Waals surface area contributed by atoms with Crippen LogP contribution in [-0.4, -0.2) is 35.8 Å². The lowest BCUT2D eigenvalue weighted by atomic mass is 9.96. The Bertz CT molecular complexity index is 525. The predicted molar refractivity (Wildman–Crippen MR) is 85.2 cm³/mol. The zero-order chi connectivity index (χ0) is 15.4. The van der Waals surface area contributed by atoms with Crippen LogP contribution in [0.1, 0.15) is 37.7 Å². The Labute approximate surface area is 131 Å². The molecule has 1 aliphatic heterocycles. The van der Waals surface area contributed by atoms with Crippen LogP contribution in [0.3, 0.4) is 0 Å². The Hall–Kier alpha value is -1.84. The van der Waals surface area contributed by atoms with Gasteiger partial charge in [-0.1, -0.05) is 30.3 Å². The average Bonchev–Trinajstić information content (AvgIpc) is 3.34. The van der Waals surface area contributed by atoms with Crippen LogP contribution in [0.15, 0.2) is 30.3 Å². The number of piperidine rings is 1. The Morgan fingerprint density at radius 2 is 1.95 bits per heavy atom. The SMILES string of the molecule is O=C(NC1CC1)[C@@H]1CCC(=O)N(CCCc2ccccc2)C1. The van der Waals surface area contributed by atoms with E-state index in [-0.39, 0.29) is 17.7 Å². The summed E-state index contributed by atoms with van der Waals surface area (Å²) in [6.45, 7) is 1.34. The Morgan fingerprint density at radius 1 is 1.18 bits per heavy atom. The van der Waals surface area contributed by atoms with Crippen molar-refractivity contribution in [3.63, 3.8) is 0 Å². The number of aryl methyl sites for hydroxylation is 1. The van der Waals surface area contributed by atoms with Gasteiger partial charge in [0.2, 0.25) is 11.8 Å². The standard InChI is InChI=1S/C18H24N2O2/c21-17-11-8-15(18(22)19-16-9-10-16)13-20(17)12-4-7-14-5-2-1-3-6-14/h1-3,5-6,15-16H,4,7-13H2,(H,19,22)/t15-/m1/s1. The van der Waals surface area contributed by atoms with Gasteiger partial charge in [-0.3, -0.25) is 9.59 Å². The molecule has 118 valence electrons. The number of carbonyl (C=O) groups is 2. The molecule has 0 unspecified atom stereocenters. The van der Waals surface area contributed by atoms with Crippen LogP contribution in [0.25, 0.3) is 0 Å². The second kappa shape index (κ2) is 6.95. The third-order valence-corrected chi connectivity index (χ3v) is 4.53. The number of rotatable bonds is 6. The highest BCUT2D eigenvalue weighted by Crippen LogP contribution is 2.23. The number of amides is 2. The first-order valence-electron chi connectivity index (χ1n) is 8.34. The van der Waals surface area contributed by atoms with E-state index in [0.29, 0.717) is 25.4 Å². The van der Waals surface area contributed by atoms with Crippen molar-refractivity contribution < 1.29 is 9.59 Å². The molecule has 0 spiro atoms. The fraction of sp³-hybridized carbons (Fsp3) is 0.556. The smallest absolute Gasteiger partial charge is 0.225 e. The molecule has 0 bridgehead atoms. The quantitative estimate of drug-likeness (QED) is 0.875. The van der Waals surface area contributed by atoms with Crippen LogP contribution in [0, 0.1) is 5.92 Å². The number of carbonyl (C=O) groups excluding carboxylic acids is 2. The molecule has 2 aliphatic rings. The highest BCUT2D eigenvalue weighted by molar-refractivity contribution is 5.84. The monoisotopic (exact) mass is 300 g/mol. The van der Waals surface area contributed by atoms with E-state index in [4.69, 9.17) is 0 Å². The molecule has 1 saturated carbocycles. The van der Waals surface area contributed by atoms with Gasteiger partial charge in [0.15, 0.2) is 0 Å². The molecule has 1 aliphatic carbocycles. The predicted octanol–water partition coefficient (Wildman–Crippen LogP) is 2.14. The van der Waals surface area contributed by atoms with Crippen LogP contribution in [0.4, 0.5) is 0 Å².